The maximum absolute atomic E-state index is 12.9. The molecule has 0 radical (unpaired) electrons. The van der Waals surface area contributed by atoms with Crippen LogP contribution < -0.4 is 4.74 Å². The SMILES string of the molecule is COc1ncccc1C(=O)N1C[C@@H](CN2CCCN(C)CC2)[C@@H](CO)C1. The molecule has 7 nitrogen and oxygen atoms in total. The Labute approximate surface area is 155 Å². The van der Waals surface area contributed by atoms with E-state index in [1.165, 1.54) is 13.5 Å². The number of likely N-dealkylation sites (N-methyl/N-ethyl adjacent to an activating group) is 1. The molecule has 2 aliphatic heterocycles. The zero-order valence-electron chi connectivity index (χ0n) is 15.8. The maximum Gasteiger partial charge on any atom is 0.259 e. The third-order valence-electron chi connectivity index (χ3n) is 5.60. The van der Waals surface area contributed by atoms with E-state index in [0.29, 0.717) is 30.5 Å². The van der Waals surface area contributed by atoms with Crippen molar-refractivity contribution in [3.63, 3.8) is 0 Å². The molecular weight excluding hydrogens is 332 g/mol. The van der Waals surface area contributed by atoms with E-state index in [4.69, 9.17) is 4.74 Å². The minimum atomic E-state index is -0.0634. The summed E-state index contributed by atoms with van der Waals surface area (Å²) in [4.78, 5) is 23.7. The van der Waals surface area contributed by atoms with Crippen molar-refractivity contribution < 1.29 is 14.6 Å². The van der Waals surface area contributed by atoms with Crippen LogP contribution in [0.3, 0.4) is 0 Å². The fraction of sp³-hybridized carbons (Fsp3) is 0.684. The fourth-order valence-corrected chi connectivity index (χ4v) is 4.02. The van der Waals surface area contributed by atoms with E-state index in [1.807, 2.05) is 4.90 Å². The lowest BCUT2D eigenvalue weighted by molar-refractivity contribution is 0.0775. The first-order valence-corrected chi connectivity index (χ1v) is 9.42. The average molecular weight is 362 g/mol. The van der Waals surface area contributed by atoms with Crippen LogP contribution in [0.15, 0.2) is 18.3 Å². The number of hydrogen-bond acceptors (Lipinski definition) is 6. The van der Waals surface area contributed by atoms with Crippen molar-refractivity contribution in [3.8, 4) is 5.88 Å². The van der Waals surface area contributed by atoms with Crippen molar-refractivity contribution in [2.45, 2.75) is 6.42 Å². The van der Waals surface area contributed by atoms with Gasteiger partial charge in [-0.15, -0.1) is 0 Å². The van der Waals surface area contributed by atoms with Gasteiger partial charge in [-0.2, -0.15) is 0 Å². The fourth-order valence-electron chi connectivity index (χ4n) is 4.02. The molecule has 0 bridgehead atoms. The van der Waals surface area contributed by atoms with Crippen LogP contribution in [0.1, 0.15) is 16.8 Å². The summed E-state index contributed by atoms with van der Waals surface area (Å²) < 4.78 is 5.23. The highest BCUT2D eigenvalue weighted by Crippen LogP contribution is 2.27. The number of methoxy groups -OCH3 is 1. The van der Waals surface area contributed by atoms with Gasteiger partial charge < -0.3 is 24.5 Å². The standard InChI is InChI=1S/C19H30N4O3/c1-21-7-4-8-22(10-9-21)11-15-12-23(13-16(15)14-24)19(25)17-5-3-6-20-18(17)26-2/h3,5-6,15-16,24H,4,7-14H2,1-2H3/t15-,16-/m1/s1. The normalized spacial score (nSPS) is 25.3. The average Bonchev–Trinajstić information content (AvgIpc) is 2.96. The van der Waals surface area contributed by atoms with Crippen LogP contribution >= 0.6 is 0 Å². The second kappa shape index (κ2) is 8.79. The lowest BCUT2D eigenvalue weighted by Crippen LogP contribution is -2.36. The number of pyridine rings is 1. The Morgan fingerprint density at radius 1 is 1.27 bits per heavy atom. The van der Waals surface area contributed by atoms with E-state index in [9.17, 15) is 9.90 Å². The molecule has 0 spiro atoms. The Bertz CT molecular complexity index is 612. The van der Waals surface area contributed by atoms with Crippen molar-refractivity contribution in [2.24, 2.45) is 11.8 Å². The van der Waals surface area contributed by atoms with Crippen molar-refractivity contribution in [2.75, 3.05) is 66.6 Å². The van der Waals surface area contributed by atoms with Gasteiger partial charge in [0.25, 0.3) is 5.91 Å². The van der Waals surface area contributed by atoms with Crippen molar-refractivity contribution in [3.05, 3.63) is 23.9 Å². The maximum atomic E-state index is 12.9. The number of rotatable bonds is 5. The van der Waals surface area contributed by atoms with Crippen molar-refractivity contribution >= 4 is 5.91 Å². The zero-order chi connectivity index (χ0) is 18.5. The van der Waals surface area contributed by atoms with Gasteiger partial charge in [0.2, 0.25) is 5.88 Å². The van der Waals surface area contributed by atoms with Crippen LogP contribution in [-0.2, 0) is 0 Å². The Morgan fingerprint density at radius 2 is 2.08 bits per heavy atom. The second-order valence-corrected chi connectivity index (χ2v) is 7.43. The van der Waals surface area contributed by atoms with Gasteiger partial charge in [-0.1, -0.05) is 0 Å². The molecule has 3 heterocycles. The number of amides is 1. The van der Waals surface area contributed by atoms with E-state index in [0.717, 1.165) is 32.7 Å². The first kappa shape index (κ1) is 19.1. The summed E-state index contributed by atoms with van der Waals surface area (Å²) in [6.07, 6.45) is 2.79. The largest absolute Gasteiger partial charge is 0.480 e. The van der Waals surface area contributed by atoms with Crippen LogP contribution in [0, 0.1) is 11.8 Å². The van der Waals surface area contributed by atoms with Gasteiger partial charge in [0.1, 0.15) is 5.56 Å². The number of carbonyl (C=O) groups excluding carboxylic acids is 1. The molecule has 1 aromatic heterocycles. The highest BCUT2D eigenvalue weighted by atomic mass is 16.5. The number of aliphatic hydroxyl groups excluding tert-OH is 1. The second-order valence-electron chi connectivity index (χ2n) is 7.43. The Balaban J connectivity index is 1.65. The molecule has 2 saturated heterocycles. The van der Waals surface area contributed by atoms with Crippen molar-refractivity contribution in [1.82, 2.24) is 19.7 Å². The van der Waals surface area contributed by atoms with Crippen molar-refractivity contribution in [1.29, 1.82) is 0 Å². The summed E-state index contributed by atoms with van der Waals surface area (Å²) in [5.41, 5.74) is 0.490. The lowest BCUT2D eigenvalue weighted by Gasteiger charge is -2.26. The van der Waals surface area contributed by atoms with Gasteiger partial charge in [-0.05, 0) is 44.6 Å². The van der Waals surface area contributed by atoms with E-state index in [-0.39, 0.29) is 18.4 Å². The highest BCUT2D eigenvalue weighted by molar-refractivity contribution is 5.96. The summed E-state index contributed by atoms with van der Waals surface area (Å²) in [7, 11) is 3.69. The first-order valence-electron chi connectivity index (χ1n) is 9.42. The molecule has 2 atom stereocenters. The lowest BCUT2D eigenvalue weighted by atomic mass is 9.96. The summed E-state index contributed by atoms with van der Waals surface area (Å²) >= 11 is 0. The quantitative estimate of drug-likeness (QED) is 0.818. The third-order valence-corrected chi connectivity index (χ3v) is 5.60. The van der Waals surface area contributed by atoms with E-state index in [2.05, 4.69) is 21.8 Å². The number of aliphatic hydroxyl groups is 1. The minimum Gasteiger partial charge on any atom is -0.480 e. The molecule has 2 aliphatic rings. The molecule has 1 N–H and O–H groups in total. The summed E-state index contributed by atoms with van der Waals surface area (Å²) in [6, 6.07) is 3.50. The summed E-state index contributed by atoms with van der Waals surface area (Å²) in [5, 5.41) is 9.83. The summed E-state index contributed by atoms with van der Waals surface area (Å²) in [5.74, 6) is 0.723. The molecule has 0 aliphatic carbocycles. The zero-order valence-corrected chi connectivity index (χ0v) is 15.8. The van der Waals surface area contributed by atoms with Crippen LogP contribution in [-0.4, -0.2) is 97.3 Å². The Hall–Kier alpha value is -1.70. The minimum absolute atomic E-state index is 0.0634. The number of aromatic nitrogens is 1. The topological polar surface area (TPSA) is 69.1 Å². The predicted molar refractivity (Wildman–Crippen MR) is 99.3 cm³/mol. The molecule has 0 unspecified atom stereocenters. The highest BCUT2D eigenvalue weighted by Gasteiger charge is 2.37. The molecule has 1 aromatic rings. The van der Waals surface area contributed by atoms with Gasteiger partial charge in [-0.25, -0.2) is 4.98 Å². The third kappa shape index (κ3) is 4.34. The molecule has 0 aromatic carbocycles. The van der Waals surface area contributed by atoms with Gasteiger partial charge in [0.15, 0.2) is 0 Å². The Kier molecular flexibility index (Phi) is 6.45. The molecule has 7 heteroatoms. The van der Waals surface area contributed by atoms with E-state index < -0.39 is 0 Å². The molecule has 1 amide bonds. The van der Waals surface area contributed by atoms with Gasteiger partial charge in [-0.3, -0.25) is 4.79 Å². The number of ether oxygens (including phenoxy) is 1. The van der Waals surface area contributed by atoms with Crippen LogP contribution in [0.25, 0.3) is 0 Å². The van der Waals surface area contributed by atoms with Gasteiger partial charge in [0, 0.05) is 51.4 Å². The van der Waals surface area contributed by atoms with Crippen LogP contribution in [0.2, 0.25) is 0 Å². The van der Waals surface area contributed by atoms with Gasteiger partial charge >= 0.3 is 0 Å². The van der Waals surface area contributed by atoms with Crippen LogP contribution in [0.4, 0.5) is 0 Å². The predicted octanol–water partition coefficient (Wildman–Crippen LogP) is 0.408. The Morgan fingerprint density at radius 3 is 2.85 bits per heavy atom. The molecule has 2 fully saturated rings. The molecule has 0 saturated carbocycles. The van der Waals surface area contributed by atoms with E-state index >= 15 is 0 Å². The monoisotopic (exact) mass is 362 g/mol. The van der Waals surface area contributed by atoms with Gasteiger partial charge in [0.05, 0.1) is 7.11 Å². The molecule has 26 heavy (non-hydrogen) atoms. The number of carbonyl (C=O) groups is 1. The molecule has 144 valence electrons. The van der Waals surface area contributed by atoms with Crippen LogP contribution in [0.5, 0.6) is 5.88 Å². The molecule has 3 rings (SSSR count). The molecular formula is C19H30N4O3. The number of hydrogen-bond donors (Lipinski definition) is 1. The number of nitrogens with zero attached hydrogens (tertiary/aromatic N) is 4. The summed E-state index contributed by atoms with van der Waals surface area (Å²) in [6.45, 7) is 6.67. The number of likely N-dealkylation sites (tertiary alicyclic amines) is 1. The smallest absolute Gasteiger partial charge is 0.259 e. The van der Waals surface area contributed by atoms with E-state index in [1.54, 1.807) is 18.3 Å². The first-order chi connectivity index (χ1) is 12.6.